The highest BCUT2D eigenvalue weighted by molar-refractivity contribution is 7.86. The molecule has 0 N–H and O–H groups in total. The van der Waals surface area contributed by atoms with Gasteiger partial charge in [0.25, 0.3) is 10.1 Å². The second-order valence-electron chi connectivity index (χ2n) is 2.90. The van der Waals surface area contributed by atoms with Gasteiger partial charge in [0.05, 0.1) is 5.75 Å². The van der Waals surface area contributed by atoms with Gasteiger partial charge in [0.1, 0.15) is 0 Å². The van der Waals surface area contributed by atoms with Crippen molar-refractivity contribution in [1.82, 2.24) is 9.80 Å². The van der Waals surface area contributed by atoms with E-state index in [9.17, 15) is 8.42 Å². The van der Waals surface area contributed by atoms with E-state index in [1.165, 1.54) is 0 Å². The summed E-state index contributed by atoms with van der Waals surface area (Å²) in [7, 11) is 0.127. The van der Waals surface area contributed by atoms with Crippen molar-refractivity contribution in [3.63, 3.8) is 0 Å². The van der Waals surface area contributed by atoms with E-state index in [4.69, 9.17) is 4.18 Å². The van der Waals surface area contributed by atoms with Crippen LogP contribution in [0.1, 0.15) is 6.92 Å². The van der Waals surface area contributed by atoms with Gasteiger partial charge in [-0.05, 0) is 6.92 Å². The van der Waals surface area contributed by atoms with Crippen molar-refractivity contribution in [2.45, 2.75) is 13.3 Å². The Balaban J connectivity index is 2.65. The predicted molar refractivity (Wildman–Crippen MR) is 49.0 cm³/mol. The number of hydrogen-bond acceptors (Lipinski definition) is 5. The largest absolute Gasteiger partial charge is 0.336 e. The molecule has 0 saturated carbocycles. The van der Waals surface area contributed by atoms with Crippen molar-refractivity contribution in [1.29, 1.82) is 0 Å². The van der Waals surface area contributed by atoms with Crippen LogP contribution in [0.5, 0.6) is 0 Å². The number of nitrogens with zero attached hydrogens (tertiary/aromatic N) is 2. The summed E-state index contributed by atoms with van der Waals surface area (Å²) in [6.07, 6.45) is 2.98. The Hall–Kier alpha value is -0.750. The van der Waals surface area contributed by atoms with Crippen molar-refractivity contribution in [3.8, 4) is 0 Å². The van der Waals surface area contributed by atoms with Gasteiger partial charge in [0.2, 0.25) is 6.35 Å². The lowest BCUT2D eigenvalue weighted by Gasteiger charge is -2.25. The van der Waals surface area contributed by atoms with Gasteiger partial charge < -0.3 is 9.80 Å². The maximum absolute atomic E-state index is 11.1. The molecule has 0 bridgehead atoms. The molecule has 13 heavy (non-hydrogen) atoms. The van der Waals surface area contributed by atoms with Gasteiger partial charge in [-0.1, -0.05) is 0 Å². The summed E-state index contributed by atoms with van der Waals surface area (Å²) in [5, 5.41) is 0. The highest BCUT2D eigenvalue weighted by Crippen LogP contribution is 2.14. The Kier molecular flexibility index (Phi) is 2.82. The fourth-order valence-electron chi connectivity index (χ4n) is 0.980. The van der Waals surface area contributed by atoms with Crippen molar-refractivity contribution < 1.29 is 12.6 Å². The fourth-order valence-corrected chi connectivity index (χ4v) is 1.65. The molecule has 0 fully saturated rings. The van der Waals surface area contributed by atoms with Crippen LogP contribution in [-0.2, 0) is 14.3 Å². The highest BCUT2D eigenvalue weighted by Gasteiger charge is 2.26. The monoisotopic (exact) mass is 206 g/mol. The first-order valence-corrected chi connectivity index (χ1v) is 5.57. The third kappa shape index (κ3) is 2.35. The molecular weight excluding hydrogens is 192 g/mol. The molecular formula is C7H14N2O3S. The smallest absolute Gasteiger partial charge is 0.270 e. The van der Waals surface area contributed by atoms with Gasteiger partial charge in [0.15, 0.2) is 0 Å². The molecule has 6 heteroatoms. The van der Waals surface area contributed by atoms with Gasteiger partial charge in [-0.15, -0.1) is 0 Å². The third-order valence-electron chi connectivity index (χ3n) is 1.82. The SMILES string of the molecule is CCS(=O)(=O)OC1N(C)C=CN1C. The summed E-state index contributed by atoms with van der Waals surface area (Å²) in [6.45, 7) is 1.55. The Labute approximate surface area is 78.7 Å². The molecule has 0 aromatic rings. The van der Waals surface area contributed by atoms with Crippen LogP contribution in [-0.4, -0.2) is 44.4 Å². The van der Waals surface area contributed by atoms with E-state index in [-0.39, 0.29) is 5.75 Å². The van der Waals surface area contributed by atoms with Crippen molar-refractivity contribution in [2.24, 2.45) is 0 Å². The number of hydrogen-bond donors (Lipinski definition) is 0. The number of rotatable bonds is 3. The van der Waals surface area contributed by atoms with E-state index in [1.807, 2.05) is 0 Å². The molecule has 0 unspecified atom stereocenters. The molecule has 0 atom stereocenters. The molecule has 76 valence electrons. The maximum atomic E-state index is 11.1. The Morgan fingerprint density at radius 3 is 2.15 bits per heavy atom. The Morgan fingerprint density at radius 1 is 1.31 bits per heavy atom. The van der Waals surface area contributed by atoms with Crippen LogP contribution in [0.4, 0.5) is 0 Å². The molecule has 0 radical (unpaired) electrons. The molecule has 1 aliphatic heterocycles. The molecule has 1 rings (SSSR count). The quantitative estimate of drug-likeness (QED) is 0.608. The van der Waals surface area contributed by atoms with E-state index in [1.54, 1.807) is 43.2 Å². The van der Waals surface area contributed by atoms with Gasteiger partial charge in [-0.25, -0.2) is 4.18 Å². The second kappa shape index (κ2) is 3.55. The summed E-state index contributed by atoms with van der Waals surface area (Å²) in [4.78, 5) is 3.38. The minimum absolute atomic E-state index is 0.00875. The topological polar surface area (TPSA) is 49.9 Å². The molecule has 1 aliphatic rings. The first kappa shape index (κ1) is 10.3. The molecule has 0 amide bonds. The van der Waals surface area contributed by atoms with Crippen LogP contribution in [0.2, 0.25) is 0 Å². The Bertz CT molecular complexity index is 287. The van der Waals surface area contributed by atoms with E-state index >= 15 is 0 Å². The van der Waals surface area contributed by atoms with Crippen molar-refractivity contribution in [2.75, 3.05) is 19.8 Å². The standard InChI is InChI=1S/C7H14N2O3S/c1-4-13(10,11)12-7-8(2)5-6-9(7)3/h5-7H,4H2,1-3H3. The van der Waals surface area contributed by atoms with Crippen LogP contribution in [0, 0.1) is 0 Å². The van der Waals surface area contributed by atoms with Crippen molar-refractivity contribution >= 4 is 10.1 Å². The lowest BCUT2D eigenvalue weighted by molar-refractivity contribution is 0.00514. The summed E-state index contributed by atoms with van der Waals surface area (Å²) in [6, 6.07) is 0. The van der Waals surface area contributed by atoms with Gasteiger partial charge in [-0.2, -0.15) is 8.42 Å². The zero-order valence-electron chi connectivity index (χ0n) is 7.97. The van der Waals surface area contributed by atoms with E-state index in [0.717, 1.165) is 0 Å². The molecule has 0 aromatic carbocycles. The van der Waals surface area contributed by atoms with Crippen LogP contribution in [0.3, 0.4) is 0 Å². The molecule has 1 heterocycles. The normalized spacial score (nSPS) is 18.7. The summed E-state index contributed by atoms with van der Waals surface area (Å²) < 4.78 is 27.2. The van der Waals surface area contributed by atoms with Crippen LogP contribution < -0.4 is 0 Å². The fraction of sp³-hybridized carbons (Fsp3) is 0.714. The van der Waals surface area contributed by atoms with E-state index < -0.39 is 16.5 Å². The van der Waals surface area contributed by atoms with Gasteiger partial charge >= 0.3 is 0 Å². The van der Waals surface area contributed by atoms with Gasteiger partial charge in [-0.3, -0.25) is 0 Å². The van der Waals surface area contributed by atoms with Crippen LogP contribution >= 0.6 is 0 Å². The predicted octanol–water partition coefficient (Wildman–Crippen LogP) is -0.0153. The average molecular weight is 206 g/mol. The average Bonchev–Trinajstić information content (AvgIpc) is 2.36. The first-order valence-electron chi connectivity index (χ1n) is 3.99. The molecule has 0 aliphatic carbocycles. The minimum Gasteiger partial charge on any atom is -0.336 e. The molecule has 0 aromatic heterocycles. The lowest BCUT2D eigenvalue weighted by atomic mass is 10.8. The first-order chi connectivity index (χ1) is 5.96. The summed E-state index contributed by atoms with van der Waals surface area (Å²) in [5.74, 6) is -0.00875. The van der Waals surface area contributed by atoms with Gasteiger partial charge in [0, 0.05) is 26.5 Å². The van der Waals surface area contributed by atoms with Crippen molar-refractivity contribution in [3.05, 3.63) is 12.4 Å². The third-order valence-corrected chi connectivity index (χ3v) is 2.99. The zero-order chi connectivity index (χ0) is 10.1. The van der Waals surface area contributed by atoms with E-state index in [2.05, 4.69) is 0 Å². The molecule has 5 nitrogen and oxygen atoms in total. The molecule has 0 saturated heterocycles. The highest BCUT2D eigenvalue weighted by atomic mass is 32.2. The summed E-state index contributed by atoms with van der Waals surface area (Å²) >= 11 is 0. The van der Waals surface area contributed by atoms with E-state index in [0.29, 0.717) is 0 Å². The summed E-state index contributed by atoms with van der Waals surface area (Å²) in [5.41, 5.74) is 0. The zero-order valence-corrected chi connectivity index (χ0v) is 8.78. The molecule has 0 spiro atoms. The Morgan fingerprint density at radius 2 is 1.77 bits per heavy atom. The maximum Gasteiger partial charge on any atom is 0.270 e. The second-order valence-corrected chi connectivity index (χ2v) is 4.78. The lowest BCUT2D eigenvalue weighted by Crippen LogP contribution is -2.38. The minimum atomic E-state index is -3.39. The van der Waals surface area contributed by atoms with Crippen LogP contribution in [0.15, 0.2) is 12.4 Å². The van der Waals surface area contributed by atoms with Crippen LogP contribution in [0.25, 0.3) is 0 Å².